The lowest BCUT2D eigenvalue weighted by Gasteiger charge is -2.25. The van der Waals surface area contributed by atoms with Crippen LogP contribution in [0.3, 0.4) is 0 Å². The Balaban J connectivity index is 1.39. The van der Waals surface area contributed by atoms with Gasteiger partial charge in [-0.15, -0.1) is 0 Å². The Hall–Kier alpha value is -2.56. The van der Waals surface area contributed by atoms with Gasteiger partial charge in [0.2, 0.25) is 10.0 Å². The number of oxazole rings is 1. The molecule has 1 saturated heterocycles. The van der Waals surface area contributed by atoms with Crippen LogP contribution in [0.2, 0.25) is 0 Å². The van der Waals surface area contributed by atoms with Gasteiger partial charge in [0.15, 0.2) is 10.7 Å². The van der Waals surface area contributed by atoms with Gasteiger partial charge in [-0.2, -0.15) is 4.31 Å². The van der Waals surface area contributed by atoms with E-state index in [1.165, 1.54) is 0 Å². The normalized spacial score (nSPS) is 15.5. The van der Waals surface area contributed by atoms with Crippen molar-refractivity contribution in [1.29, 1.82) is 0 Å². The molecule has 2 aromatic heterocycles. The van der Waals surface area contributed by atoms with Gasteiger partial charge in [0.1, 0.15) is 0 Å². The van der Waals surface area contributed by atoms with Gasteiger partial charge in [0.25, 0.3) is 0 Å². The first-order chi connectivity index (χ1) is 16.0. The zero-order valence-electron chi connectivity index (χ0n) is 18.4. The summed E-state index contributed by atoms with van der Waals surface area (Å²) < 4.78 is 36.8. The van der Waals surface area contributed by atoms with Gasteiger partial charge in [0.05, 0.1) is 21.4 Å². The average Bonchev–Trinajstić information content (AvgIpc) is 3.35. The number of benzene rings is 2. The van der Waals surface area contributed by atoms with E-state index < -0.39 is 10.0 Å². The van der Waals surface area contributed by atoms with Crippen LogP contribution in [0.15, 0.2) is 61.7 Å². The fourth-order valence-corrected chi connectivity index (χ4v) is 6.91. The molecule has 0 aliphatic carbocycles. The molecule has 4 aromatic rings. The highest BCUT2D eigenvalue weighted by Crippen LogP contribution is 2.28. The van der Waals surface area contributed by atoms with Crippen molar-refractivity contribution in [3.8, 4) is 0 Å². The van der Waals surface area contributed by atoms with Crippen LogP contribution in [0.5, 0.6) is 0 Å². The minimum absolute atomic E-state index is 0.297. The van der Waals surface area contributed by atoms with Crippen LogP contribution in [0.4, 0.5) is 0 Å². The van der Waals surface area contributed by atoms with Gasteiger partial charge >= 0.3 is 5.76 Å². The van der Waals surface area contributed by atoms with E-state index in [1.54, 1.807) is 38.8 Å². The summed E-state index contributed by atoms with van der Waals surface area (Å²) in [6.07, 6.45) is 2.89. The van der Waals surface area contributed by atoms with E-state index in [2.05, 4.69) is 4.57 Å². The maximum Gasteiger partial charge on any atom is 0.419 e. The molecule has 33 heavy (non-hydrogen) atoms. The average molecular weight is 487 g/mol. The van der Waals surface area contributed by atoms with Gasteiger partial charge in [-0.1, -0.05) is 30.3 Å². The van der Waals surface area contributed by atoms with Crippen LogP contribution in [-0.2, 0) is 23.1 Å². The topological polar surface area (TPSA) is 90.3 Å². The second kappa shape index (κ2) is 9.00. The molecule has 2 aromatic carbocycles. The summed E-state index contributed by atoms with van der Waals surface area (Å²) in [5, 5.41) is 0.806. The number of rotatable bonds is 7. The summed E-state index contributed by atoms with van der Waals surface area (Å²) in [4.78, 5) is 17.2. The second-order valence-electron chi connectivity index (χ2n) is 8.09. The summed E-state index contributed by atoms with van der Waals surface area (Å²) in [5.41, 5.74) is 2.93. The fraction of sp³-hybridized carbons (Fsp3) is 0.391. The van der Waals surface area contributed by atoms with E-state index in [0.29, 0.717) is 47.9 Å². The van der Waals surface area contributed by atoms with Crippen molar-refractivity contribution in [3.05, 3.63) is 53.0 Å². The molecule has 1 aliphatic heterocycles. The summed E-state index contributed by atoms with van der Waals surface area (Å²) in [6.45, 7) is 4.39. The highest BCUT2D eigenvalue weighted by atomic mass is 32.2. The van der Waals surface area contributed by atoms with Crippen LogP contribution >= 0.6 is 11.8 Å². The third-order valence-electron chi connectivity index (χ3n) is 6.07. The molecule has 10 heteroatoms. The highest BCUT2D eigenvalue weighted by Gasteiger charge is 2.26. The van der Waals surface area contributed by atoms with Gasteiger partial charge < -0.3 is 8.98 Å². The Kier molecular flexibility index (Phi) is 6.07. The number of para-hydroxylation sites is 2. The molecule has 0 N–H and O–H groups in total. The third kappa shape index (κ3) is 4.11. The predicted octanol–water partition coefficient (Wildman–Crippen LogP) is 3.93. The monoisotopic (exact) mass is 486 g/mol. The van der Waals surface area contributed by atoms with E-state index in [4.69, 9.17) is 9.40 Å². The molecule has 8 nitrogen and oxygen atoms in total. The quantitative estimate of drug-likeness (QED) is 0.368. The van der Waals surface area contributed by atoms with Crippen LogP contribution < -0.4 is 5.76 Å². The van der Waals surface area contributed by atoms with Gasteiger partial charge in [-0.3, -0.25) is 4.57 Å². The summed E-state index contributed by atoms with van der Waals surface area (Å²) in [6, 6.07) is 12.6. The summed E-state index contributed by atoms with van der Waals surface area (Å²) >= 11 is 1.54. The molecule has 0 amide bonds. The van der Waals surface area contributed by atoms with E-state index in [1.807, 2.05) is 31.2 Å². The third-order valence-corrected chi connectivity index (χ3v) is 8.92. The number of nitrogens with zero attached hydrogens (tertiary/aromatic N) is 4. The van der Waals surface area contributed by atoms with Crippen molar-refractivity contribution < 1.29 is 12.8 Å². The van der Waals surface area contributed by atoms with Crippen LogP contribution in [0.1, 0.15) is 26.2 Å². The molecule has 3 heterocycles. The van der Waals surface area contributed by atoms with Crippen molar-refractivity contribution in [3.63, 3.8) is 0 Å². The predicted molar refractivity (Wildman–Crippen MR) is 129 cm³/mol. The number of hydrogen-bond donors (Lipinski definition) is 0. The number of thioether (sulfide) groups is 1. The fourth-order valence-electron chi connectivity index (χ4n) is 4.37. The lowest BCUT2D eigenvalue weighted by molar-refractivity contribution is 0.346. The molecule has 0 bridgehead atoms. The number of fused-ring (bicyclic) bond motifs is 2. The lowest BCUT2D eigenvalue weighted by atomic mass is 10.2. The number of hydrogen-bond acceptors (Lipinski definition) is 6. The lowest BCUT2D eigenvalue weighted by Crippen LogP contribution is -2.35. The van der Waals surface area contributed by atoms with Crippen molar-refractivity contribution in [2.45, 2.75) is 49.3 Å². The van der Waals surface area contributed by atoms with E-state index in [-0.39, 0.29) is 5.76 Å². The van der Waals surface area contributed by atoms with Crippen molar-refractivity contribution in [2.75, 3.05) is 18.8 Å². The van der Waals surface area contributed by atoms with Crippen molar-refractivity contribution in [1.82, 2.24) is 18.4 Å². The molecular formula is C23H26N4O4S2. The first kappa shape index (κ1) is 22.2. The van der Waals surface area contributed by atoms with Crippen molar-refractivity contribution >= 4 is 43.9 Å². The largest absolute Gasteiger partial charge is 0.419 e. The Morgan fingerprint density at radius 1 is 1.03 bits per heavy atom. The number of aromatic nitrogens is 3. The van der Waals surface area contributed by atoms with Gasteiger partial charge in [0, 0.05) is 31.9 Å². The molecule has 1 fully saturated rings. The minimum Gasteiger partial charge on any atom is -0.408 e. The second-order valence-corrected chi connectivity index (χ2v) is 11.1. The highest BCUT2D eigenvalue weighted by molar-refractivity contribution is 7.99. The molecule has 1 aliphatic rings. The van der Waals surface area contributed by atoms with Gasteiger partial charge in [-0.25, -0.2) is 18.2 Å². The zero-order chi connectivity index (χ0) is 23.0. The van der Waals surface area contributed by atoms with Crippen LogP contribution in [0, 0.1) is 0 Å². The van der Waals surface area contributed by atoms with E-state index in [0.717, 1.165) is 35.5 Å². The minimum atomic E-state index is -3.51. The number of piperidine rings is 1. The molecule has 0 atom stereocenters. The zero-order valence-corrected chi connectivity index (χ0v) is 20.1. The standard InChI is InChI=1S/C23H26N4O4S2/c1-2-26-19-11-10-17(33(29,30)25-12-6-3-7-13-25)16-18(19)24-22(26)32-15-14-27-20-8-4-5-9-21(20)31-23(27)28/h4-5,8-11,16H,2-3,6-7,12-15H2,1H3. The first-order valence-electron chi connectivity index (χ1n) is 11.2. The summed E-state index contributed by atoms with van der Waals surface area (Å²) in [5.74, 6) is 0.263. The first-order valence-corrected chi connectivity index (χ1v) is 13.6. The van der Waals surface area contributed by atoms with Crippen LogP contribution in [0.25, 0.3) is 22.1 Å². The SMILES string of the molecule is CCn1c(SCCn2c(=O)oc3ccccc32)nc2cc(S(=O)(=O)N3CCCCC3)ccc21. The number of imidazole rings is 1. The maximum atomic E-state index is 13.1. The van der Waals surface area contributed by atoms with E-state index >= 15 is 0 Å². The maximum absolute atomic E-state index is 13.1. The van der Waals surface area contributed by atoms with E-state index in [9.17, 15) is 13.2 Å². The molecule has 0 spiro atoms. The Morgan fingerprint density at radius 3 is 2.61 bits per heavy atom. The molecular weight excluding hydrogens is 460 g/mol. The number of aryl methyl sites for hydroxylation is 2. The Bertz CT molecular complexity index is 1460. The molecule has 174 valence electrons. The smallest absolute Gasteiger partial charge is 0.408 e. The van der Waals surface area contributed by atoms with Crippen LogP contribution in [-0.4, -0.2) is 45.7 Å². The van der Waals surface area contributed by atoms with Gasteiger partial charge in [-0.05, 0) is 50.1 Å². The molecule has 0 radical (unpaired) electrons. The Morgan fingerprint density at radius 2 is 1.82 bits per heavy atom. The molecule has 0 unspecified atom stereocenters. The summed E-state index contributed by atoms with van der Waals surface area (Å²) in [7, 11) is -3.51. The Labute approximate surface area is 196 Å². The number of sulfonamides is 1. The van der Waals surface area contributed by atoms with Crippen molar-refractivity contribution in [2.24, 2.45) is 0 Å². The molecule has 5 rings (SSSR count). The molecule has 0 saturated carbocycles.